The smallest absolute Gasteiger partial charge is 0.167 e. The molecule has 2 aromatic carbocycles. The van der Waals surface area contributed by atoms with Crippen molar-refractivity contribution in [1.29, 1.82) is 0 Å². The minimum atomic E-state index is -1.19. The molecule has 220 valence electrons. The summed E-state index contributed by atoms with van der Waals surface area (Å²) in [6, 6.07) is 12.6. The number of ether oxygens (including phenoxy) is 1. The predicted octanol–water partition coefficient (Wildman–Crippen LogP) is 0.977. The number of aliphatic hydroxyl groups is 3. The van der Waals surface area contributed by atoms with E-state index in [-0.39, 0.29) is 17.3 Å². The highest BCUT2D eigenvalue weighted by Gasteiger charge is 2.44. The first-order valence-electron chi connectivity index (χ1n) is 13.3. The Bertz CT molecular complexity index is 1420. The summed E-state index contributed by atoms with van der Waals surface area (Å²) >= 11 is 0. The lowest BCUT2D eigenvalue weighted by atomic mass is 10.1. The molecule has 0 aliphatic carbocycles. The monoisotopic (exact) mass is 568 g/mol. The number of anilines is 1. The van der Waals surface area contributed by atoms with Crippen LogP contribution in [0.15, 0.2) is 55.1 Å². The largest absolute Gasteiger partial charge is 0.508 e. The molecule has 2 aromatic heterocycles. The van der Waals surface area contributed by atoms with Crippen LogP contribution in [-0.4, -0.2) is 87.7 Å². The molecule has 4 aromatic rings. The number of nitrogens with one attached hydrogen (secondary N) is 1. The molecular weight excluding hydrogens is 532 g/mol. The number of nitrogen functional groups attached to an aromatic ring is 1. The number of aromatic hydroxyl groups is 3. The molecule has 9 N–H and O–H groups in total. The number of nitrogens with zero attached hydrogens (tertiary/aromatic N) is 4. The van der Waals surface area contributed by atoms with Gasteiger partial charge in [0.25, 0.3) is 0 Å². The Labute approximate surface area is 236 Å². The fourth-order valence-corrected chi connectivity index (χ4v) is 4.50. The molecule has 1 fully saturated rings. The summed E-state index contributed by atoms with van der Waals surface area (Å²) in [5, 5.41) is 60.2. The second-order valence-corrected chi connectivity index (χ2v) is 9.95. The summed E-state index contributed by atoms with van der Waals surface area (Å²) < 4.78 is 6.85. The van der Waals surface area contributed by atoms with Gasteiger partial charge in [-0.15, -0.1) is 0 Å². The molecule has 1 unspecified atom stereocenters. The highest BCUT2D eigenvalue weighted by Crippen LogP contribution is 2.31. The number of aryl methyl sites for hydroxylation is 1. The van der Waals surface area contributed by atoms with Crippen molar-refractivity contribution in [2.45, 2.75) is 56.8 Å². The molecule has 0 spiro atoms. The summed E-state index contributed by atoms with van der Waals surface area (Å²) in [4.78, 5) is 11.9. The van der Waals surface area contributed by atoms with Crippen molar-refractivity contribution in [3.8, 4) is 17.2 Å². The van der Waals surface area contributed by atoms with E-state index >= 15 is 0 Å². The molecule has 5 atom stereocenters. The molecule has 0 saturated carbocycles. The van der Waals surface area contributed by atoms with E-state index in [9.17, 15) is 25.5 Å². The maximum atomic E-state index is 9.95. The van der Waals surface area contributed by atoms with Crippen LogP contribution in [0.5, 0.6) is 17.2 Å². The minimum Gasteiger partial charge on any atom is -0.508 e. The van der Waals surface area contributed by atoms with Gasteiger partial charge < -0.3 is 46.4 Å². The molecule has 1 aliphatic rings. The number of hydrogen-bond donors (Lipinski definition) is 8. The van der Waals surface area contributed by atoms with Crippen molar-refractivity contribution in [3.63, 3.8) is 0 Å². The second-order valence-electron chi connectivity index (χ2n) is 9.95. The number of phenolic OH excluding ortho intramolecular Hbond substituents is 3. The Morgan fingerprint density at radius 3 is 2.37 bits per heavy atom. The molecule has 3 heterocycles. The third-order valence-corrected chi connectivity index (χ3v) is 6.93. The lowest BCUT2D eigenvalue weighted by molar-refractivity contribution is -0.0511. The highest BCUT2D eigenvalue weighted by molar-refractivity contribution is 5.81. The van der Waals surface area contributed by atoms with Gasteiger partial charge in [0.1, 0.15) is 35.9 Å². The topological polar surface area (TPSA) is 212 Å². The second kappa shape index (κ2) is 13.6. The Balaban J connectivity index is 0.000000191. The van der Waals surface area contributed by atoms with E-state index in [0.29, 0.717) is 23.0 Å². The Hall–Kier alpha value is -4.01. The molecule has 1 aliphatic heterocycles. The Morgan fingerprint density at radius 2 is 1.68 bits per heavy atom. The number of aromatic nitrogens is 4. The van der Waals surface area contributed by atoms with Gasteiger partial charge in [0, 0.05) is 6.04 Å². The van der Waals surface area contributed by atoms with Gasteiger partial charge in [0.2, 0.25) is 0 Å². The van der Waals surface area contributed by atoms with Crippen molar-refractivity contribution in [3.05, 3.63) is 66.2 Å². The van der Waals surface area contributed by atoms with Gasteiger partial charge in [-0.2, -0.15) is 0 Å². The van der Waals surface area contributed by atoms with Crippen LogP contribution in [0.4, 0.5) is 5.82 Å². The zero-order valence-electron chi connectivity index (χ0n) is 22.6. The first-order valence-corrected chi connectivity index (χ1v) is 13.3. The number of imidazole rings is 1. The lowest BCUT2D eigenvalue weighted by Crippen LogP contribution is -2.33. The van der Waals surface area contributed by atoms with Crippen LogP contribution in [0.3, 0.4) is 0 Å². The van der Waals surface area contributed by atoms with E-state index in [1.54, 1.807) is 18.2 Å². The third-order valence-electron chi connectivity index (χ3n) is 6.93. The molecule has 41 heavy (non-hydrogen) atoms. The van der Waals surface area contributed by atoms with Gasteiger partial charge in [-0.25, -0.2) is 15.0 Å². The van der Waals surface area contributed by atoms with E-state index in [1.807, 2.05) is 18.2 Å². The van der Waals surface area contributed by atoms with Crippen LogP contribution in [0.1, 0.15) is 30.7 Å². The number of phenols is 3. The molecule has 0 bridgehead atoms. The molecule has 13 heteroatoms. The van der Waals surface area contributed by atoms with Gasteiger partial charge in [-0.3, -0.25) is 4.57 Å². The zero-order valence-corrected chi connectivity index (χ0v) is 22.6. The molecule has 0 radical (unpaired) electrons. The van der Waals surface area contributed by atoms with Crippen LogP contribution in [0.2, 0.25) is 0 Å². The van der Waals surface area contributed by atoms with Gasteiger partial charge in [-0.1, -0.05) is 18.2 Å². The number of nitrogens with two attached hydrogens (primary N) is 1. The van der Waals surface area contributed by atoms with E-state index in [4.69, 9.17) is 15.6 Å². The van der Waals surface area contributed by atoms with Crippen molar-refractivity contribution in [1.82, 2.24) is 24.8 Å². The van der Waals surface area contributed by atoms with Crippen LogP contribution in [0.25, 0.3) is 11.2 Å². The van der Waals surface area contributed by atoms with Gasteiger partial charge >= 0.3 is 0 Å². The van der Waals surface area contributed by atoms with Crippen molar-refractivity contribution in [2.75, 3.05) is 18.9 Å². The average molecular weight is 569 g/mol. The maximum Gasteiger partial charge on any atom is 0.167 e. The number of aliphatic hydroxyl groups excluding tert-OH is 3. The first-order chi connectivity index (χ1) is 19.7. The van der Waals surface area contributed by atoms with Gasteiger partial charge in [0.15, 0.2) is 29.2 Å². The minimum absolute atomic E-state index is 0.0714. The van der Waals surface area contributed by atoms with Crippen molar-refractivity contribution < 1.29 is 35.4 Å². The van der Waals surface area contributed by atoms with Crippen LogP contribution < -0.4 is 11.1 Å². The fraction of sp³-hybridized carbons (Fsp3) is 0.393. The first kappa shape index (κ1) is 30.0. The summed E-state index contributed by atoms with van der Waals surface area (Å²) in [7, 11) is 0. The number of benzene rings is 2. The fourth-order valence-electron chi connectivity index (χ4n) is 4.50. The van der Waals surface area contributed by atoms with Crippen LogP contribution in [0, 0.1) is 0 Å². The van der Waals surface area contributed by atoms with Crippen molar-refractivity contribution in [2.24, 2.45) is 0 Å². The molecular formula is C28H36N6O7. The standard InChI is InChI=1S/C18H23NO3.C10H13N5O4/c1-13(2-3-14-4-7-16(20)8-5-14)19-11-10-15-6-9-17(21)18(22)12-15;11-8-5-9(13-2-12-8)15(3-14-5)10-7(18)6(17)4(1-16)19-10/h4-9,12-13,19-22H,2-3,10-11H2,1H3;2-4,6-7,10,16-18H,1H2,(H2,11,12,13)/t;4-,6-,7-,10-/m.1/s1. The normalized spacial score (nSPS) is 21.0. The van der Waals surface area contributed by atoms with Crippen LogP contribution >= 0.6 is 0 Å². The SMILES string of the molecule is CC(CCc1ccc(O)cc1)NCCc1ccc(O)c(O)c1.Nc1ncnc2c1ncn2[C@@H]1O[C@H](CO)[C@@H](O)[C@H]1O. The van der Waals surface area contributed by atoms with E-state index < -0.39 is 31.1 Å². The highest BCUT2D eigenvalue weighted by atomic mass is 16.6. The summed E-state index contributed by atoms with van der Waals surface area (Å²) in [6.45, 7) is 2.58. The summed E-state index contributed by atoms with van der Waals surface area (Å²) in [5.41, 5.74) is 8.66. The zero-order chi connectivity index (χ0) is 29.5. The van der Waals surface area contributed by atoms with E-state index in [2.05, 4.69) is 27.2 Å². The Morgan fingerprint density at radius 1 is 0.951 bits per heavy atom. The number of rotatable bonds is 9. The van der Waals surface area contributed by atoms with E-state index in [0.717, 1.165) is 31.4 Å². The quantitative estimate of drug-likeness (QED) is 0.133. The molecule has 5 rings (SSSR count). The molecule has 13 nitrogen and oxygen atoms in total. The lowest BCUT2D eigenvalue weighted by Gasteiger charge is -2.16. The van der Waals surface area contributed by atoms with Crippen LogP contribution in [-0.2, 0) is 17.6 Å². The maximum absolute atomic E-state index is 9.95. The van der Waals surface area contributed by atoms with Crippen molar-refractivity contribution >= 4 is 17.0 Å². The molecule has 1 saturated heterocycles. The molecule has 0 amide bonds. The predicted molar refractivity (Wildman–Crippen MR) is 150 cm³/mol. The Kier molecular flexibility index (Phi) is 9.91. The van der Waals surface area contributed by atoms with E-state index in [1.165, 1.54) is 28.9 Å². The summed E-state index contributed by atoms with van der Waals surface area (Å²) in [5.74, 6) is 0.361. The van der Waals surface area contributed by atoms with Gasteiger partial charge in [0.05, 0.1) is 12.9 Å². The third kappa shape index (κ3) is 7.39. The summed E-state index contributed by atoms with van der Waals surface area (Å²) in [6.07, 6.45) is 1.37. The number of fused-ring (bicyclic) bond motifs is 1. The number of hydrogen-bond acceptors (Lipinski definition) is 12. The average Bonchev–Trinajstić information content (AvgIpc) is 3.52. The van der Waals surface area contributed by atoms with Gasteiger partial charge in [-0.05, 0) is 68.1 Å².